The van der Waals surface area contributed by atoms with Gasteiger partial charge >= 0.3 is 0 Å². The second-order valence-electron chi connectivity index (χ2n) is 7.89. The normalized spacial score (nSPS) is 17.0. The second kappa shape index (κ2) is 7.51. The van der Waals surface area contributed by atoms with Crippen molar-refractivity contribution in [1.82, 2.24) is 0 Å². The van der Waals surface area contributed by atoms with Gasteiger partial charge in [0.05, 0.1) is 26.9 Å². The first-order chi connectivity index (χ1) is 15.9. The third-order valence-corrected chi connectivity index (χ3v) is 5.84. The van der Waals surface area contributed by atoms with Gasteiger partial charge in [0.2, 0.25) is 11.2 Å². The molecule has 1 atom stereocenters. The number of methoxy groups -OCH3 is 3. The summed E-state index contributed by atoms with van der Waals surface area (Å²) in [5, 5.41) is 10.8. The maximum Gasteiger partial charge on any atom is 0.205 e. The molecule has 3 heterocycles. The van der Waals surface area contributed by atoms with Gasteiger partial charge in [-0.1, -0.05) is 6.58 Å². The molecule has 0 unspecified atom stereocenters. The molecular formula is C25H22O8. The summed E-state index contributed by atoms with van der Waals surface area (Å²) < 4.78 is 34.1. The quantitative estimate of drug-likeness (QED) is 0.462. The fraction of sp³-hybridized carbons (Fsp3) is 0.240. The highest BCUT2D eigenvalue weighted by Crippen LogP contribution is 2.48. The van der Waals surface area contributed by atoms with Crippen molar-refractivity contribution in [1.29, 1.82) is 0 Å². The van der Waals surface area contributed by atoms with E-state index in [1.54, 1.807) is 12.1 Å². The number of ether oxygens (including phenoxy) is 5. The zero-order valence-corrected chi connectivity index (χ0v) is 18.6. The zero-order valence-electron chi connectivity index (χ0n) is 18.6. The van der Waals surface area contributed by atoms with Crippen LogP contribution in [0.1, 0.15) is 18.2 Å². The van der Waals surface area contributed by atoms with Gasteiger partial charge in [0, 0.05) is 29.7 Å². The zero-order chi connectivity index (χ0) is 23.4. The number of hydrogen-bond acceptors (Lipinski definition) is 8. The van der Waals surface area contributed by atoms with Crippen LogP contribution in [0.4, 0.5) is 0 Å². The lowest BCUT2D eigenvalue weighted by Crippen LogP contribution is -2.16. The largest absolute Gasteiger partial charge is 0.507 e. The van der Waals surface area contributed by atoms with E-state index < -0.39 is 5.43 Å². The van der Waals surface area contributed by atoms with Crippen molar-refractivity contribution in [3.8, 4) is 39.9 Å². The lowest BCUT2D eigenvalue weighted by Gasteiger charge is -2.23. The fourth-order valence-corrected chi connectivity index (χ4v) is 4.24. The van der Waals surface area contributed by atoms with Crippen LogP contribution in [0.25, 0.3) is 27.9 Å². The van der Waals surface area contributed by atoms with E-state index in [1.807, 2.05) is 6.92 Å². The minimum absolute atomic E-state index is 0.0675. The highest BCUT2D eigenvalue weighted by molar-refractivity contribution is 5.96. The Balaban J connectivity index is 1.86. The van der Waals surface area contributed by atoms with Crippen molar-refractivity contribution in [3.05, 3.63) is 58.2 Å². The van der Waals surface area contributed by atoms with Gasteiger partial charge in [-0.05, 0) is 18.6 Å². The molecule has 0 aliphatic carbocycles. The van der Waals surface area contributed by atoms with Crippen molar-refractivity contribution in [2.24, 2.45) is 0 Å². The van der Waals surface area contributed by atoms with Crippen molar-refractivity contribution >= 4 is 16.7 Å². The first kappa shape index (κ1) is 20.8. The maximum absolute atomic E-state index is 13.8. The SMILES string of the molecule is C=C(C)[C@H]1Cc2c(cc(O)c3c(=O)c4c(oc23)C(=COC)Oc2cc(OC)c(OC)cc2-4)O1. The number of fused-ring (bicyclic) bond motifs is 6. The van der Waals surface area contributed by atoms with Gasteiger partial charge in [-0.3, -0.25) is 4.79 Å². The third-order valence-electron chi connectivity index (χ3n) is 5.84. The van der Waals surface area contributed by atoms with Crippen molar-refractivity contribution in [2.75, 3.05) is 21.3 Å². The molecule has 3 aromatic rings. The molecule has 2 aliphatic heterocycles. The van der Waals surface area contributed by atoms with Crippen LogP contribution in [0.5, 0.6) is 28.7 Å². The van der Waals surface area contributed by atoms with Crippen molar-refractivity contribution < 1.29 is 33.2 Å². The molecule has 0 amide bonds. The Bertz CT molecular complexity index is 1410. The van der Waals surface area contributed by atoms with Crippen LogP contribution in [0.2, 0.25) is 0 Å². The Kier molecular flexibility index (Phi) is 4.74. The Morgan fingerprint density at radius 3 is 2.55 bits per heavy atom. The number of phenolic OH excluding ortho intramolecular Hbond substituents is 1. The van der Waals surface area contributed by atoms with E-state index in [-0.39, 0.29) is 39.9 Å². The molecule has 1 N–H and O–H groups in total. The standard InChI is InChI=1S/C25H22O8/c1-11(2)15-7-13-16(31-15)8-14(26)22-23(27)21-12-6-18(29-4)19(30-5)9-17(12)32-20(10-28-3)25(21)33-24(13)22/h6,8-10,15,26H,1,7H2,2-5H3/t15-/m1/s1. The van der Waals surface area contributed by atoms with Crippen LogP contribution < -0.4 is 24.4 Å². The molecule has 1 aromatic heterocycles. The highest BCUT2D eigenvalue weighted by Gasteiger charge is 2.35. The smallest absolute Gasteiger partial charge is 0.205 e. The number of phenols is 1. The summed E-state index contributed by atoms with van der Waals surface area (Å²) in [6.07, 6.45) is 1.55. The molecule has 33 heavy (non-hydrogen) atoms. The van der Waals surface area contributed by atoms with Gasteiger partial charge in [0.15, 0.2) is 17.3 Å². The van der Waals surface area contributed by atoms with Crippen LogP contribution in [0.3, 0.4) is 0 Å². The number of aromatic hydroxyl groups is 1. The van der Waals surface area contributed by atoms with E-state index in [0.717, 1.165) is 5.57 Å². The molecule has 0 bridgehead atoms. The van der Waals surface area contributed by atoms with Crippen molar-refractivity contribution in [2.45, 2.75) is 19.4 Å². The summed E-state index contributed by atoms with van der Waals surface area (Å²) >= 11 is 0. The van der Waals surface area contributed by atoms with E-state index >= 15 is 0 Å². The van der Waals surface area contributed by atoms with Gasteiger partial charge in [0.1, 0.15) is 40.6 Å². The minimum atomic E-state index is -0.413. The van der Waals surface area contributed by atoms with Gasteiger partial charge in [0.25, 0.3) is 0 Å². The average molecular weight is 450 g/mol. The van der Waals surface area contributed by atoms with E-state index in [9.17, 15) is 9.90 Å². The first-order valence-corrected chi connectivity index (χ1v) is 10.2. The van der Waals surface area contributed by atoms with Crippen LogP contribution in [-0.2, 0) is 11.2 Å². The van der Waals surface area contributed by atoms with Crippen LogP contribution in [0, 0.1) is 0 Å². The molecule has 0 saturated heterocycles. The number of hydrogen-bond donors (Lipinski definition) is 1. The van der Waals surface area contributed by atoms with E-state index in [2.05, 4.69) is 6.58 Å². The predicted molar refractivity (Wildman–Crippen MR) is 121 cm³/mol. The van der Waals surface area contributed by atoms with Crippen LogP contribution >= 0.6 is 0 Å². The Morgan fingerprint density at radius 2 is 1.88 bits per heavy atom. The molecule has 2 aliphatic rings. The molecule has 0 saturated carbocycles. The molecule has 2 aromatic carbocycles. The summed E-state index contributed by atoms with van der Waals surface area (Å²) in [5.41, 5.74) is 2.01. The summed E-state index contributed by atoms with van der Waals surface area (Å²) in [7, 11) is 4.48. The summed E-state index contributed by atoms with van der Waals surface area (Å²) in [6, 6.07) is 4.72. The minimum Gasteiger partial charge on any atom is -0.507 e. The molecule has 0 fully saturated rings. The molecular weight excluding hydrogens is 428 g/mol. The highest BCUT2D eigenvalue weighted by atomic mass is 16.5. The molecule has 5 rings (SSSR count). The van der Waals surface area contributed by atoms with Gasteiger partial charge in [-0.25, -0.2) is 0 Å². The average Bonchev–Trinajstić information content (AvgIpc) is 3.23. The monoisotopic (exact) mass is 450 g/mol. The van der Waals surface area contributed by atoms with Gasteiger partial charge in [-0.15, -0.1) is 0 Å². The van der Waals surface area contributed by atoms with Gasteiger partial charge in [-0.2, -0.15) is 0 Å². The number of benzene rings is 2. The molecule has 8 heteroatoms. The lowest BCUT2D eigenvalue weighted by molar-refractivity contribution is 0.270. The second-order valence-corrected chi connectivity index (χ2v) is 7.89. The molecule has 0 spiro atoms. The van der Waals surface area contributed by atoms with E-state index in [0.29, 0.717) is 40.5 Å². The maximum atomic E-state index is 13.8. The Labute approximate surface area is 189 Å². The summed E-state index contributed by atoms with van der Waals surface area (Å²) in [6.45, 7) is 5.82. The van der Waals surface area contributed by atoms with Crippen molar-refractivity contribution in [3.63, 3.8) is 0 Å². The lowest BCUT2D eigenvalue weighted by atomic mass is 9.95. The topological polar surface area (TPSA) is 96.6 Å². The third kappa shape index (κ3) is 3.01. The number of rotatable bonds is 4. The molecule has 8 nitrogen and oxygen atoms in total. The molecule has 0 radical (unpaired) electrons. The Morgan fingerprint density at radius 1 is 1.15 bits per heavy atom. The van der Waals surface area contributed by atoms with Gasteiger partial charge < -0.3 is 33.2 Å². The van der Waals surface area contributed by atoms with Crippen LogP contribution in [0.15, 0.2) is 45.8 Å². The summed E-state index contributed by atoms with van der Waals surface area (Å²) in [5.74, 6) is 1.83. The Hall–Kier alpha value is -4.07. The predicted octanol–water partition coefficient (Wildman–Crippen LogP) is 4.40. The van der Waals surface area contributed by atoms with E-state index in [4.69, 9.17) is 28.1 Å². The van der Waals surface area contributed by atoms with Crippen LogP contribution in [-0.4, -0.2) is 32.5 Å². The molecule has 170 valence electrons. The fourth-order valence-electron chi connectivity index (χ4n) is 4.24. The van der Waals surface area contributed by atoms with E-state index in [1.165, 1.54) is 33.7 Å². The first-order valence-electron chi connectivity index (χ1n) is 10.2. The summed E-state index contributed by atoms with van der Waals surface area (Å²) in [4.78, 5) is 13.8.